The van der Waals surface area contributed by atoms with Crippen LogP contribution in [-0.4, -0.2) is 11.1 Å². The summed E-state index contributed by atoms with van der Waals surface area (Å²) in [6, 6.07) is 4.99. The molecule has 1 aromatic rings. The smallest absolute Gasteiger partial charge is 0.337 e. The van der Waals surface area contributed by atoms with Gasteiger partial charge >= 0.3 is 5.97 Å². The Bertz CT molecular complexity index is 421. The van der Waals surface area contributed by atoms with Gasteiger partial charge in [0.05, 0.1) is 11.1 Å². The van der Waals surface area contributed by atoms with E-state index in [-0.39, 0.29) is 11.1 Å². The zero-order chi connectivity index (χ0) is 10.7. The number of hydrogen-bond acceptors (Lipinski definition) is 3. The molecule has 0 heterocycles. The molecule has 1 rings (SSSR count). The summed E-state index contributed by atoms with van der Waals surface area (Å²) in [7, 11) is 0. The van der Waals surface area contributed by atoms with E-state index < -0.39 is 5.97 Å². The van der Waals surface area contributed by atoms with Crippen LogP contribution in [0, 0.1) is 11.3 Å². The van der Waals surface area contributed by atoms with Crippen LogP contribution in [-0.2, 0) is 6.42 Å². The van der Waals surface area contributed by atoms with Crippen molar-refractivity contribution in [3.8, 4) is 6.07 Å². The highest BCUT2D eigenvalue weighted by Gasteiger charge is 2.14. The zero-order valence-electron chi connectivity index (χ0n) is 7.61. The first-order chi connectivity index (χ1) is 6.61. The van der Waals surface area contributed by atoms with Gasteiger partial charge in [0, 0.05) is 4.90 Å². The maximum atomic E-state index is 10.7. The van der Waals surface area contributed by atoms with Gasteiger partial charge in [-0.3, -0.25) is 0 Å². The third-order valence-corrected chi connectivity index (χ3v) is 2.50. The third-order valence-electron chi connectivity index (χ3n) is 1.98. The Kier molecular flexibility index (Phi) is 3.15. The lowest BCUT2D eigenvalue weighted by Crippen LogP contribution is -2.02. The Morgan fingerprint density at radius 1 is 1.64 bits per heavy atom. The van der Waals surface area contributed by atoms with E-state index >= 15 is 0 Å². The van der Waals surface area contributed by atoms with Gasteiger partial charge in [0.15, 0.2) is 0 Å². The van der Waals surface area contributed by atoms with Crippen molar-refractivity contribution in [2.45, 2.75) is 18.2 Å². The fourth-order valence-corrected chi connectivity index (χ4v) is 1.61. The molecule has 0 aromatic heterocycles. The number of aryl methyl sites for hydroxylation is 1. The lowest BCUT2D eigenvalue weighted by molar-refractivity contribution is 0.0696. The molecule has 1 N–H and O–H groups in total. The van der Waals surface area contributed by atoms with Crippen LogP contribution in [0.25, 0.3) is 0 Å². The molecule has 3 nitrogen and oxygen atoms in total. The number of benzene rings is 1. The van der Waals surface area contributed by atoms with E-state index in [1.54, 1.807) is 6.07 Å². The molecule has 0 aliphatic carbocycles. The summed E-state index contributed by atoms with van der Waals surface area (Å²) in [4.78, 5) is 11.2. The summed E-state index contributed by atoms with van der Waals surface area (Å²) < 4.78 is 0. The van der Waals surface area contributed by atoms with Crippen molar-refractivity contribution < 1.29 is 9.90 Å². The average Bonchev–Trinajstić information content (AvgIpc) is 2.17. The van der Waals surface area contributed by atoms with Crippen LogP contribution < -0.4 is 0 Å². The van der Waals surface area contributed by atoms with E-state index in [4.69, 9.17) is 10.4 Å². The SMILES string of the molecule is CCc1ccc(C(=O)O)c(C#N)c1S. The number of rotatable bonds is 2. The third kappa shape index (κ3) is 1.73. The minimum absolute atomic E-state index is 0.00898. The quantitative estimate of drug-likeness (QED) is 0.730. The van der Waals surface area contributed by atoms with Gasteiger partial charge < -0.3 is 5.11 Å². The number of aromatic carboxylic acids is 1. The van der Waals surface area contributed by atoms with Crippen molar-refractivity contribution in [2.75, 3.05) is 0 Å². The molecule has 1 aromatic carbocycles. The van der Waals surface area contributed by atoms with Gasteiger partial charge in [0.2, 0.25) is 0 Å². The van der Waals surface area contributed by atoms with Crippen LogP contribution in [0.15, 0.2) is 17.0 Å². The van der Waals surface area contributed by atoms with Crippen LogP contribution in [0.4, 0.5) is 0 Å². The molecule has 0 bridgehead atoms. The summed E-state index contributed by atoms with van der Waals surface area (Å²) in [6.45, 7) is 1.93. The molecule has 0 spiro atoms. The van der Waals surface area contributed by atoms with Crippen LogP contribution in [0.2, 0.25) is 0 Å². The molecule has 0 unspecified atom stereocenters. The predicted molar refractivity (Wildman–Crippen MR) is 54.7 cm³/mol. The Labute approximate surface area is 87.4 Å². The van der Waals surface area contributed by atoms with E-state index in [0.717, 1.165) is 12.0 Å². The summed E-state index contributed by atoms with van der Waals surface area (Å²) in [5.74, 6) is -1.10. The Balaban J connectivity index is 3.45. The fraction of sp³-hybridized carbons (Fsp3) is 0.200. The largest absolute Gasteiger partial charge is 0.478 e. The maximum Gasteiger partial charge on any atom is 0.337 e. The molecule has 0 aliphatic heterocycles. The lowest BCUT2D eigenvalue weighted by atomic mass is 10.0. The Morgan fingerprint density at radius 2 is 2.29 bits per heavy atom. The number of carbonyl (C=O) groups is 1. The van der Waals surface area contributed by atoms with E-state index in [0.29, 0.717) is 4.90 Å². The number of carboxylic acids is 1. The highest BCUT2D eigenvalue weighted by Crippen LogP contribution is 2.22. The molecule has 72 valence electrons. The number of thiol groups is 1. The monoisotopic (exact) mass is 207 g/mol. The number of carboxylic acid groups (broad SMARTS) is 1. The maximum absolute atomic E-state index is 10.7. The van der Waals surface area contributed by atoms with E-state index in [1.807, 2.05) is 13.0 Å². The molecular formula is C10H9NO2S. The first-order valence-corrected chi connectivity index (χ1v) is 4.54. The summed E-state index contributed by atoms with van der Waals surface area (Å²) in [5, 5.41) is 17.6. The summed E-state index contributed by atoms with van der Waals surface area (Å²) >= 11 is 4.15. The minimum atomic E-state index is -1.10. The molecule has 0 amide bonds. The predicted octanol–water partition coefficient (Wildman–Crippen LogP) is 2.11. The summed E-state index contributed by atoms with van der Waals surface area (Å²) in [5.41, 5.74) is 1.03. The second-order valence-electron chi connectivity index (χ2n) is 2.77. The van der Waals surface area contributed by atoms with Gasteiger partial charge in [-0.05, 0) is 18.1 Å². The van der Waals surface area contributed by atoms with Gasteiger partial charge in [-0.15, -0.1) is 12.6 Å². The lowest BCUT2D eigenvalue weighted by Gasteiger charge is -2.06. The molecule has 0 fully saturated rings. The van der Waals surface area contributed by atoms with Gasteiger partial charge in [0.25, 0.3) is 0 Å². The Hall–Kier alpha value is -1.47. The van der Waals surface area contributed by atoms with Crippen molar-refractivity contribution >= 4 is 18.6 Å². The molecular weight excluding hydrogens is 198 g/mol. The molecule has 0 saturated heterocycles. The van der Waals surface area contributed by atoms with Gasteiger partial charge in [-0.1, -0.05) is 13.0 Å². The van der Waals surface area contributed by atoms with Crippen molar-refractivity contribution in [3.05, 3.63) is 28.8 Å². The summed E-state index contributed by atoms with van der Waals surface area (Å²) in [6.07, 6.45) is 0.730. The molecule has 0 radical (unpaired) electrons. The molecule has 0 atom stereocenters. The highest BCUT2D eigenvalue weighted by atomic mass is 32.1. The minimum Gasteiger partial charge on any atom is -0.478 e. The van der Waals surface area contributed by atoms with Crippen molar-refractivity contribution in [2.24, 2.45) is 0 Å². The van der Waals surface area contributed by atoms with Gasteiger partial charge in [-0.25, -0.2) is 4.79 Å². The van der Waals surface area contributed by atoms with Crippen LogP contribution in [0.5, 0.6) is 0 Å². The Morgan fingerprint density at radius 3 is 2.71 bits per heavy atom. The fourth-order valence-electron chi connectivity index (χ4n) is 1.21. The molecule has 14 heavy (non-hydrogen) atoms. The highest BCUT2D eigenvalue weighted by molar-refractivity contribution is 7.80. The van der Waals surface area contributed by atoms with Crippen LogP contribution in [0.1, 0.15) is 28.4 Å². The second-order valence-corrected chi connectivity index (χ2v) is 3.21. The van der Waals surface area contributed by atoms with Crippen molar-refractivity contribution in [1.29, 1.82) is 5.26 Å². The van der Waals surface area contributed by atoms with Crippen molar-refractivity contribution in [1.82, 2.24) is 0 Å². The first kappa shape index (κ1) is 10.6. The zero-order valence-corrected chi connectivity index (χ0v) is 8.51. The topological polar surface area (TPSA) is 61.1 Å². The number of hydrogen-bond donors (Lipinski definition) is 2. The first-order valence-electron chi connectivity index (χ1n) is 4.10. The number of nitriles is 1. The van der Waals surface area contributed by atoms with Crippen LogP contribution in [0.3, 0.4) is 0 Å². The van der Waals surface area contributed by atoms with Crippen molar-refractivity contribution in [3.63, 3.8) is 0 Å². The normalized spacial score (nSPS) is 9.50. The van der Waals surface area contributed by atoms with Gasteiger partial charge in [-0.2, -0.15) is 5.26 Å². The van der Waals surface area contributed by atoms with E-state index in [9.17, 15) is 4.79 Å². The molecule has 0 aliphatic rings. The van der Waals surface area contributed by atoms with Crippen LogP contribution >= 0.6 is 12.6 Å². The number of nitrogens with zero attached hydrogens (tertiary/aromatic N) is 1. The van der Waals surface area contributed by atoms with Gasteiger partial charge in [0.1, 0.15) is 6.07 Å². The van der Waals surface area contributed by atoms with E-state index in [2.05, 4.69) is 12.6 Å². The van der Waals surface area contributed by atoms with E-state index in [1.165, 1.54) is 6.07 Å². The molecule has 0 saturated carbocycles. The molecule has 4 heteroatoms. The average molecular weight is 207 g/mol. The second kappa shape index (κ2) is 4.16. The standard InChI is InChI=1S/C10H9NO2S/c1-2-6-3-4-7(10(12)13)8(5-11)9(6)14/h3-4,14H,2H2,1H3,(H,12,13).